The lowest BCUT2D eigenvalue weighted by Crippen LogP contribution is -2.25. The summed E-state index contributed by atoms with van der Waals surface area (Å²) in [5.41, 5.74) is 0.648. The number of alkyl halides is 3. The first-order chi connectivity index (χ1) is 11.8. The van der Waals surface area contributed by atoms with Crippen LogP contribution >= 0.6 is 0 Å². The fourth-order valence-corrected chi connectivity index (χ4v) is 2.22. The van der Waals surface area contributed by atoms with Crippen molar-refractivity contribution in [1.29, 1.82) is 0 Å². The first kappa shape index (κ1) is 17.0. The van der Waals surface area contributed by atoms with E-state index in [1.807, 2.05) is 0 Å². The first-order valence-electron chi connectivity index (χ1n) is 7.50. The number of fused-ring (bicyclic) bond motifs is 1. The average molecular weight is 351 g/mol. The standard InChI is InChI=1S/C16H16F3N5O/c1-16(2,19)8-23-15-22-7-11-10(6-21-13(11)24-15)9-3-4-12(20-5-9)25-14(17)18/h3-7,14H,8H2,1-2H3,(H2,21,22,23,24). The highest BCUT2D eigenvalue weighted by molar-refractivity contribution is 5.93. The second-order valence-corrected chi connectivity index (χ2v) is 5.99. The molecule has 0 radical (unpaired) electrons. The van der Waals surface area contributed by atoms with E-state index in [9.17, 15) is 13.2 Å². The third-order valence-electron chi connectivity index (χ3n) is 3.36. The van der Waals surface area contributed by atoms with Crippen LogP contribution in [0.5, 0.6) is 5.88 Å². The monoisotopic (exact) mass is 351 g/mol. The summed E-state index contributed by atoms with van der Waals surface area (Å²) in [6, 6.07) is 2.98. The maximum absolute atomic E-state index is 13.5. The number of nitrogens with one attached hydrogen (secondary N) is 2. The van der Waals surface area contributed by atoms with Crippen molar-refractivity contribution in [2.45, 2.75) is 26.1 Å². The number of halogens is 3. The normalized spacial score (nSPS) is 11.9. The summed E-state index contributed by atoms with van der Waals surface area (Å²) in [4.78, 5) is 15.3. The molecule has 132 valence electrons. The number of hydrogen-bond donors (Lipinski definition) is 2. The minimum atomic E-state index is -2.92. The van der Waals surface area contributed by atoms with E-state index in [4.69, 9.17) is 0 Å². The Morgan fingerprint density at radius 1 is 1.24 bits per heavy atom. The zero-order valence-corrected chi connectivity index (χ0v) is 13.6. The van der Waals surface area contributed by atoms with Crippen LogP contribution in [0.25, 0.3) is 22.2 Å². The number of nitrogens with zero attached hydrogens (tertiary/aromatic N) is 3. The van der Waals surface area contributed by atoms with Crippen LogP contribution in [0.4, 0.5) is 19.1 Å². The van der Waals surface area contributed by atoms with Gasteiger partial charge in [0.2, 0.25) is 11.8 Å². The Hall–Kier alpha value is -2.84. The number of H-pyrrole nitrogens is 1. The van der Waals surface area contributed by atoms with E-state index in [0.717, 1.165) is 10.9 Å². The first-order valence-corrected chi connectivity index (χ1v) is 7.50. The molecule has 2 N–H and O–H groups in total. The largest absolute Gasteiger partial charge is 0.417 e. The summed E-state index contributed by atoms with van der Waals surface area (Å²) in [5, 5.41) is 3.57. The van der Waals surface area contributed by atoms with Gasteiger partial charge in [-0.2, -0.15) is 13.8 Å². The number of ether oxygens (including phenoxy) is 1. The van der Waals surface area contributed by atoms with E-state index in [2.05, 4.69) is 30.0 Å². The minimum absolute atomic E-state index is 0.0849. The molecule has 0 amide bonds. The highest BCUT2D eigenvalue weighted by Gasteiger charge is 2.16. The van der Waals surface area contributed by atoms with E-state index >= 15 is 0 Å². The van der Waals surface area contributed by atoms with Gasteiger partial charge in [0, 0.05) is 41.2 Å². The fourth-order valence-electron chi connectivity index (χ4n) is 2.22. The highest BCUT2D eigenvalue weighted by Crippen LogP contribution is 2.28. The van der Waals surface area contributed by atoms with E-state index in [-0.39, 0.29) is 12.4 Å². The molecular weight excluding hydrogens is 335 g/mol. The molecule has 0 atom stereocenters. The SMILES string of the molecule is CC(C)(F)CNc1ncc2c(-c3ccc(OC(F)F)nc3)c[nH]c2n1. The lowest BCUT2D eigenvalue weighted by molar-refractivity contribution is -0.0528. The maximum atomic E-state index is 13.5. The molecule has 0 saturated carbocycles. The zero-order valence-electron chi connectivity index (χ0n) is 13.6. The van der Waals surface area contributed by atoms with Crippen molar-refractivity contribution in [2.24, 2.45) is 0 Å². The molecule has 0 fully saturated rings. The summed E-state index contributed by atoms with van der Waals surface area (Å²) < 4.78 is 42.1. The Kier molecular flexibility index (Phi) is 4.47. The molecule has 0 aliphatic carbocycles. The quantitative estimate of drug-likeness (QED) is 0.707. The Labute approximate surface area is 141 Å². The van der Waals surface area contributed by atoms with Crippen LogP contribution in [0.15, 0.2) is 30.7 Å². The topological polar surface area (TPSA) is 75.7 Å². The van der Waals surface area contributed by atoms with Gasteiger partial charge >= 0.3 is 6.61 Å². The molecular formula is C16H16F3N5O. The molecule has 6 nitrogen and oxygen atoms in total. The van der Waals surface area contributed by atoms with Crippen LogP contribution in [0.3, 0.4) is 0 Å². The lowest BCUT2D eigenvalue weighted by atomic mass is 10.1. The predicted octanol–water partition coefficient (Wildman–Crippen LogP) is 3.78. The highest BCUT2D eigenvalue weighted by atomic mass is 19.3. The van der Waals surface area contributed by atoms with Crippen LogP contribution in [0.2, 0.25) is 0 Å². The second kappa shape index (κ2) is 6.58. The third-order valence-corrected chi connectivity index (χ3v) is 3.36. The molecule has 0 aromatic carbocycles. The Morgan fingerprint density at radius 2 is 2.04 bits per heavy atom. The molecule has 3 aromatic heterocycles. The van der Waals surface area contributed by atoms with Gasteiger partial charge in [0.25, 0.3) is 0 Å². The third kappa shape index (κ3) is 4.17. The predicted molar refractivity (Wildman–Crippen MR) is 87.4 cm³/mol. The van der Waals surface area contributed by atoms with Gasteiger partial charge in [-0.3, -0.25) is 0 Å². The Morgan fingerprint density at radius 3 is 2.68 bits per heavy atom. The number of hydrogen-bond acceptors (Lipinski definition) is 5. The molecule has 3 aromatic rings. The summed E-state index contributed by atoms with van der Waals surface area (Å²) in [6.45, 7) is 0.0844. The number of aromatic nitrogens is 4. The molecule has 0 spiro atoms. The average Bonchev–Trinajstić information content (AvgIpc) is 2.95. The van der Waals surface area contributed by atoms with Gasteiger partial charge in [-0.05, 0) is 19.9 Å². The van der Waals surface area contributed by atoms with Gasteiger partial charge in [-0.25, -0.2) is 14.4 Å². The molecule has 25 heavy (non-hydrogen) atoms. The lowest BCUT2D eigenvalue weighted by Gasteiger charge is -2.14. The van der Waals surface area contributed by atoms with E-state index in [0.29, 0.717) is 17.2 Å². The number of aromatic amines is 1. The van der Waals surface area contributed by atoms with E-state index in [1.54, 1.807) is 18.5 Å². The van der Waals surface area contributed by atoms with Crippen LogP contribution in [0, 0.1) is 0 Å². The van der Waals surface area contributed by atoms with Crippen LogP contribution in [-0.4, -0.2) is 38.8 Å². The Balaban J connectivity index is 1.83. The number of pyridine rings is 1. The zero-order chi connectivity index (χ0) is 18.0. The molecule has 0 aliphatic heterocycles. The van der Waals surface area contributed by atoms with Crippen LogP contribution in [-0.2, 0) is 0 Å². The van der Waals surface area contributed by atoms with Crippen LogP contribution < -0.4 is 10.1 Å². The van der Waals surface area contributed by atoms with Gasteiger partial charge in [-0.15, -0.1) is 0 Å². The summed E-state index contributed by atoms with van der Waals surface area (Å²) in [6.07, 6.45) is 4.75. The molecule has 0 saturated heterocycles. The van der Waals surface area contributed by atoms with E-state index < -0.39 is 12.3 Å². The smallest absolute Gasteiger partial charge is 0.388 e. The number of rotatable bonds is 6. The minimum Gasteiger partial charge on any atom is -0.417 e. The van der Waals surface area contributed by atoms with Crippen LogP contribution in [0.1, 0.15) is 13.8 Å². The fraction of sp³-hybridized carbons (Fsp3) is 0.312. The summed E-state index contributed by atoms with van der Waals surface area (Å²) in [5.74, 6) is 0.153. The van der Waals surface area contributed by atoms with Crippen molar-refractivity contribution in [3.05, 3.63) is 30.7 Å². The molecule has 0 unspecified atom stereocenters. The molecule has 3 rings (SSSR count). The van der Waals surface area contributed by atoms with Crippen molar-refractivity contribution in [3.8, 4) is 17.0 Å². The molecule has 9 heteroatoms. The van der Waals surface area contributed by atoms with Crippen molar-refractivity contribution in [1.82, 2.24) is 19.9 Å². The van der Waals surface area contributed by atoms with Crippen molar-refractivity contribution >= 4 is 17.0 Å². The maximum Gasteiger partial charge on any atom is 0.388 e. The van der Waals surface area contributed by atoms with Crippen molar-refractivity contribution < 1.29 is 17.9 Å². The Bertz CT molecular complexity index is 858. The van der Waals surface area contributed by atoms with Gasteiger partial charge < -0.3 is 15.0 Å². The molecule has 0 aliphatic rings. The second-order valence-electron chi connectivity index (χ2n) is 5.99. The van der Waals surface area contributed by atoms with Gasteiger partial charge in [0.05, 0.1) is 6.54 Å². The van der Waals surface area contributed by atoms with Crippen molar-refractivity contribution in [3.63, 3.8) is 0 Å². The van der Waals surface area contributed by atoms with Gasteiger partial charge in [0.1, 0.15) is 11.3 Å². The molecule has 0 bridgehead atoms. The summed E-state index contributed by atoms with van der Waals surface area (Å²) >= 11 is 0. The summed E-state index contributed by atoms with van der Waals surface area (Å²) in [7, 11) is 0. The van der Waals surface area contributed by atoms with Gasteiger partial charge in [-0.1, -0.05) is 0 Å². The van der Waals surface area contributed by atoms with Gasteiger partial charge in [0.15, 0.2) is 0 Å². The number of anilines is 1. The molecule has 3 heterocycles. The van der Waals surface area contributed by atoms with Crippen molar-refractivity contribution in [2.75, 3.05) is 11.9 Å². The van der Waals surface area contributed by atoms with E-state index in [1.165, 1.54) is 26.1 Å².